The van der Waals surface area contributed by atoms with E-state index in [0.29, 0.717) is 23.8 Å². The fourth-order valence-corrected chi connectivity index (χ4v) is 1.14. The Balaban J connectivity index is 3.00. The van der Waals surface area contributed by atoms with Crippen LogP contribution in [-0.2, 0) is 0 Å². The van der Waals surface area contributed by atoms with Crippen molar-refractivity contribution in [1.29, 1.82) is 0 Å². The summed E-state index contributed by atoms with van der Waals surface area (Å²) in [6.07, 6.45) is 3.02. The fraction of sp³-hybridized carbons (Fsp3) is 0.182. The molecule has 1 amide bonds. The smallest absolute Gasteiger partial charge is 0.256 e. The second kappa shape index (κ2) is 5.64. The number of carbonyl (C=O) groups excluding carboxylic acids is 1. The normalized spacial score (nSPS) is 9.47. The number of anilines is 1. The highest BCUT2D eigenvalue weighted by molar-refractivity contribution is 5.98. The molecule has 0 saturated carbocycles. The van der Waals surface area contributed by atoms with Gasteiger partial charge in [0.15, 0.2) is 0 Å². The highest BCUT2D eigenvalue weighted by Crippen LogP contribution is 2.12. The zero-order valence-electron chi connectivity index (χ0n) is 9.66. The van der Waals surface area contributed by atoms with Crippen molar-refractivity contribution in [3.05, 3.63) is 42.6 Å². The van der Waals surface area contributed by atoms with E-state index in [0.717, 1.165) is 0 Å². The maximum absolute atomic E-state index is 11.8. The largest absolute Gasteiger partial charge is 0.386 e. The molecule has 0 saturated heterocycles. The van der Waals surface area contributed by atoms with Crippen LogP contribution in [0.4, 0.5) is 5.82 Å². The van der Waals surface area contributed by atoms with Crippen LogP contribution in [0.25, 0.3) is 0 Å². The molecule has 0 bridgehead atoms. The lowest BCUT2D eigenvalue weighted by atomic mass is 10.2. The molecule has 1 rings (SSSR count). The number of nitrogens with zero attached hydrogens (tertiary/aromatic N) is 2. The minimum absolute atomic E-state index is 0.209. The van der Waals surface area contributed by atoms with Crippen molar-refractivity contribution < 1.29 is 4.79 Å². The average Bonchev–Trinajstić information content (AvgIpc) is 2.25. The summed E-state index contributed by atoms with van der Waals surface area (Å²) in [6.45, 7) is 9.11. The van der Waals surface area contributed by atoms with Gasteiger partial charge in [-0.05, 0) is 6.92 Å². The number of nitrogens with one attached hydrogen (secondary N) is 2. The Morgan fingerprint density at radius 2 is 2.35 bits per heavy atom. The minimum atomic E-state index is -0.298. The van der Waals surface area contributed by atoms with Crippen LogP contribution in [0.2, 0.25) is 0 Å². The quantitative estimate of drug-likeness (QED) is 0.645. The van der Waals surface area contributed by atoms with Crippen molar-refractivity contribution in [3.63, 3.8) is 0 Å². The number of aryl methyl sites for hydroxylation is 1. The molecule has 17 heavy (non-hydrogen) atoms. The molecular weight excluding hydrogens is 218 g/mol. The van der Waals surface area contributed by atoms with E-state index < -0.39 is 0 Å². The maximum Gasteiger partial charge on any atom is 0.256 e. The topological polar surface area (TPSA) is 92.9 Å². The molecule has 0 unspecified atom stereocenters. The molecule has 6 heteroatoms. The van der Waals surface area contributed by atoms with E-state index in [9.17, 15) is 4.79 Å². The van der Waals surface area contributed by atoms with Gasteiger partial charge in [-0.25, -0.2) is 9.97 Å². The lowest BCUT2D eigenvalue weighted by Crippen LogP contribution is -2.25. The summed E-state index contributed by atoms with van der Waals surface area (Å²) in [5.74, 6) is 0.787. The molecule has 0 atom stereocenters. The van der Waals surface area contributed by atoms with Gasteiger partial charge in [0.25, 0.3) is 5.91 Å². The second-order valence-electron chi connectivity index (χ2n) is 3.33. The van der Waals surface area contributed by atoms with Crippen LogP contribution < -0.4 is 16.4 Å². The van der Waals surface area contributed by atoms with Crippen LogP contribution in [-0.4, -0.2) is 22.4 Å². The molecule has 1 aromatic heterocycles. The van der Waals surface area contributed by atoms with E-state index in [1.807, 2.05) is 0 Å². The van der Waals surface area contributed by atoms with Crippen molar-refractivity contribution >= 4 is 11.7 Å². The molecule has 0 spiro atoms. The van der Waals surface area contributed by atoms with Gasteiger partial charge in [0.05, 0.1) is 5.82 Å². The van der Waals surface area contributed by atoms with E-state index in [4.69, 9.17) is 5.73 Å². The summed E-state index contributed by atoms with van der Waals surface area (Å²) in [5.41, 5.74) is 5.74. The summed E-state index contributed by atoms with van der Waals surface area (Å²) >= 11 is 0. The highest BCUT2D eigenvalue weighted by Gasteiger charge is 2.13. The van der Waals surface area contributed by atoms with Crippen LogP contribution in [0.15, 0.2) is 31.3 Å². The Hall–Kier alpha value is -2.37. The molecule has 0 radical (unpaired) electrons. The van der Waals surface area contributed by atoms with Crippen LogP contribution >= 0.6 is 0 Å². The first-order valence-electron chi connectivity index (χ1n) is 4.98. The van der Waals surface area contributed by atoms with E-state index >= 15 is 0 Å². The van der Waals surface area contributed by atoms with E-state index in [-0.39, 0.29) is 11.7 Å². The third kappa shape index (κ3) is 3.60. The number of hydrogen-bond acceptors (Lipinski definition) is 5. The Kier molecular flexibility index (Phi) is 4.21. The minimum Gasteiger partial charge on any atom is -0.386 e. The Morgan fingerprint density at radius 1 is 1.65 bits per heavy atom. The molecule has 0 aliphatic heterocycles. The van der Waals surface area contributed by atoms with Crippen molar-refractivity contribution in [2.45, 2.75) is 6.92 Å². The summed E-state index contributed by atoms with van der Waals surface area (Å²) in [6, 6.07) is 0. The summed E-state index contributed by atoms with van der Waals surface area (Å²) in [5, 5.41) is 5.35. The molecule has 0 fully saturated rings. The van der Waals surface area contributed by atoms with Gasteiger partial charge in [-0.1, -0.05) is 12.7 Å². The van der Waals surface area contributed by atoms with Gasteiger partial charge in [-0.2, -0.15) is 0 Å². The first-order chi connectivity index (χ1) is 8.04. The second-order valence-corrected chi connectivity index (χ2v) is 3.33. The summed E-state index contributed by atoms with van der Waals surface area (Å²) in [7, 11) is 0. The van der Waals surface area contributed by atoms with Crippen molar-refractivity contribution in [2.75, 3.05) is 11.9 Å². The molecule has 4 N–H and O–H groups in total. The van der Waals surface area contributed by atoms with Gasteiger partial charge in [0.1, 0.15) is 17.2 Å². The monoisotopic (exact) mass is 233 g/mol. The molecule has 1 heterocycles. The van der Waals surface area contributed by atoms with Crippen LogP contribution in [0.3, 0.4) is 0 Å². The lowest BCUT2D eigenvalue weighted by Gasteiger charge is -2.10. The zero-order valence-corrected chi connectivity index (χ0v) is 9.66. The summed E-state index contributed by atoms with van der Waals surface area (Å²) in [4.78, 5) is 19.8. The van der Waals surface area contributed by atoms with Crippen LogP contribution in [0, 0.1) is 6.92 Å². The standard InChI is InChI=1S/C11H15N5O/c1-4-5-13-11(17)9-6-14-8(3)16-10(9)15-7(2)12/h4,6H,1-2,5,12H2,3H3,(H,13,17)(H,14,15,16). The molecular formula is C11H15N5O. The average molecular weight is 233 g/mol. The molecule has 0 aromatic carbocycles. The Labute approximate surface area is 99.6 Å². The predicted molar refractivity (Wildman–Crippen MR) is 66.2 cm³/mol. The first kappa shape index (κ1) is 12.7. The first-order valence-corrected chi connectivity index (χ1v) is 4.98. The molecule has 6 nitrogen and oxygen atoms in total. The highest BCUT2D eigenvalue weighted by atomic mass is 16.1. The number of aromatic nitrogens is 2. The van der Waals surface area contributed by atoms with E-state index in [1.165, 1.54) is 6.20 Å². The van der Waals surface area contributed by atoms with Gasteiger partial charge in [-0.15, -0.1) is 6.58 Å². The zero-order chi connectivity index (χ0) is 12.8. The molecule has 90 valence electrons. The summed E-state index contributed by atoms with van der Waals surface area (Å²) < 4.78 is 0. The molecule has 0 aliphatic rings. The fourth-order valence-electron chi connectivity index (χ4n) is 1.14. The molecule has 0 aliphatic carbocycles. The van der Waals surface area contributed by atoms with Gasteiger partial charge < -0.3 is 16.4 Å². The maximum atomic E-state index is 11.8. The van der Waals surface area contributed by atoms with E-state index in [1.54, 1.807) is 13.0 Å². The van der Waals surface area contributed by atoms with Crippen LogP contribution in [0.5, 0.6) is 0 Å². The van der Waals surface area contributed by atoms with Crippen molar-refractivity contribution in [1.82, 2.24) is 15.3 Å². The van der Waals surface area contributed by atoms with Crippen molar-refractivity contribution in [3.8, 4) is 0 Å². The third-order valence-electron chi connectivity index (χ3n) is 1.84. The van der Waals surface area contributed by atoms with Crippen LogP contribution in [0.1, 0.15) is 16.2 Å². The number of carbonyl (C=O) groups is 1. The third-order valence-corrected chi connectivity index (χ3v) is 1.84. The number of nitrogens with two attached hydrogens (primary N) is 1. The van der Waals surface area contributed by atoms with Gasteiger partial charge in [0.2, 0.25) is 0 Å². The van der Waals surface area contributed by atoms with E-state index in [2.05, 4.69) is 33.8 Å². The van der Waals surface area contributed by atoms with Gasteiger partial charge >= 0.3 is 0 Å². The molecule has 1 aromatic rings. The predicted octanol–water partition coefficient (Wildman–Crippen LogP) is 0.543. The SMILES string of the molecule is C=CCNC(=O)c1cnc(C)nc1NC(=C)N. The number of rotatable bonds is 5. The van der Waals surface area contributed by atoms with Gasteiger partial charge in [0, 0.05) is 12.7 Å². The number of hydrogen-bond donors (Lipinski definition) is 3. The number of amides is 1. The Morgan fingerprint density at radius 3 is 2.94 bits per heavy atom. The van der Waals surface area contributed by atoms with Gasteiger partial charge in [-0.3, -0.25) is 4.79 Å². The van der Waals surface area contributed by atoms with Crippen molar-refractivity contribution in [2.24, 2.45) is 5.73 Å². The lowest BCUT2D eigenvalue weighted by molar-refractivity contribution is 0.0958. The Bertz CT molecular complexity index is 455.